The van der Waals surface area contributed by atoms with E-state index in [2.05, 4.69) is 0 Å². The molecule has 0 N–H and O–H groups in total. The topological polar surface area (TPSA) is 75.0 Å². The van der Waals surface area contributed by atoms with Crippen LogP contribution < -0.4 is 14.9 Å². The molecule has 1 aromatic heterocycles. The molecule has 1 unspecified atom stereocenters. The van der Waals surface area contributed by atoms with Crippen molar-refractivity contribution < 1.29 is 23.4 Å². The number of benzene rings is 2. The molecule has 1 atom stereocenters. The number of fused-ring (bicyclic) bond motifs is 3. The highest BCUT2D eigenvalue weighted by Crippen LogP contribution is 2.39. The van der Waals surface area contributed by atoms with Gasteiger partial charge in [-0.15, -0.1) is 0 Å². The maximum absolute atomic E-state index is 12.5. The minimum Gasteiger partial charge on any atom is -0.485 e. The Balaban J connectivity index is 1.85. The van der Waals surface area contributed by atoms with Crippen molar-refractivity contribution in [2.24, 2.45) is 0 Å². The molecule has 2 heterocycles. The summed E-state index contributed by atoms with van der Waals surface area (Å²) in [5, 5.41) is 0.358. The van der Waals surface area contributed by atoms with Crippen LogP contribution in [0.3, 0.4) is 0 Å². The van der Waals surface area contributed by atoms with E-state index in [1.54, 1.807) is 19.1 Å². The van der Waals surface area contributed by atoms with Crippen molar-refractivity contribution in [3.8, 4) is 22.8 Å². The van der Waals surface area contributed by atoms with E-state index in [4.69, 9.17) is 18.6 Å². The van der Waals surface area contributed by atoms with Gasteiger partial charge in [-0.3, -0.25) is 4.79 Å². The van der Waals surface area contributed by atoms with E-state index < -0.39 is 12.1 Å². The Kier molecular flexibility index (Phi) is 4.08. The van der Waals surface area contributed by atoms with Gasteiger partial charge in [0.05, 0.1) is 12.0 Å². The third-order valence-electron chi connectivity index (χ3n) is 4.07. The molecule has 4 rings (SSSR count). The monoisotopic (exact) mass is 352 g/mol. The number of rotatable bonds is 3. The van der Waals surface area contributed by atoms with Crippen LogP contribution in [0.15, 0.2) is 57.7 Å². The van der Waals surface area contributed by atoms with Crippen LogP contribution in [-0.2, 0) is 9.53 Å². The van der Waals surface area contributed by atoms with Gasteiger partial charge >= 0.3 is 5.97 Å². The van der Waals surface area contributed by atoms with Gasteiger partial charge in [-0.2, -0.15) is 0 Å². The summed E-state index contributed by atoms with van der Waals surface area (Å²) in [4.78, 5) is 24.5. The second-order valence-electron chi connectivity index (χ2n) is 5.78. The van der Waals surface area contributed by atoms with Gasteiger partial charge in [0.15, 0.2) is 16.8 Å². The number of ether oxygens (including phenoxy) is 3. The zero-order valence-corrected chi connectivity index (χ0v) is 14.1. The maximum atomic E-state index is 12.5. The normalized spacial score (nSPS) is 15.7. The zero-order valence-electron chi connectivity index (χ0n) is 14.1. The number of esters is 1. The fourth-order valence-corrected chi connectivity index (χ4v) is 2.84. The second kappa shape index (κ2) is 6.55. The third-order valence-corrected chi connectivity index (χ3v) is 4.07. The van der Waals surface area contributed by atoms with Crippen LogP contribution in [0.5, 0.6) is 11.5 Å². The first-order valence-electron chi connectivity index (χ1n) is 8.29. The molecule has 0 bridgehead atoms. The highest BCUT2D eigenvalue weighted by atomic mass is 16.6. The van der Waals surface area contributed by atoms with Gasteiger partial charge in [-0.05, 0) is 19.1 Å². The van der Waals surface area contributed by atoms with Gasteiger partial charge in [0.1, 0.15) is 12.4 Å². The van der Waals surface area contributed by atoms with E-state index in [0.29, 0.717) is 16.9 Å². The lowest BCUT2D eigenvalue weighted by atomic mass is 10.1. The van der Waals surface area contributed by atoms with Gasteiger partial charge in [-0.25, -0.2) is 4.79 Å². The molecule has 0 aliphatic carbocycles. The Morgan fingerprint density at radius 1 is 1.19 bits per heavy atom. The van der Waals surface area contributed by atoms with Crippen molar-refractivity contribution >= 4 is 16.9 Å². The van der Waals surface area contributed by atoms with Crippen LogP contribution in [0.2, 0.25) is 0 Å². The van der Waals surface area contributed by atoms with Crippen molar-refractivity contribution in [3.63, 3.8) is 0 Å². The minimum absolute atomic E-state index is 0.0416. The minimum atomic E-state index is -0.904. The Hall–Kier alpha value is -3.28. The van der Waals surface area contributed by atoms with Crippen LogP contribution in [0.25, 0.3) is 22.3 Å². The van der Waals surface area contributed by atoms with Crippen molar-refractivity contribution in [2.75, 3.05) is 13.2 Å². The first-order chi connectivity index (χ1) is 12.7. The summed E-state index contributed by atoms with van der Waals surface area (Å²) >= 11 is 0. The Morgan fingerprint density at radius 3 is 2.77 bits per heavy atom. The summed E-state index contributed by atoms with van der Waals surface area (Å²) in [7, 11) is 0. The lowest BCUT2D eigenvalue weighted by molar-refractivity contribution is -0.153. The molecule has 26 heavy (non-hydrogen) atoms. The molecule has 2 aromatic carbocycles. The van der Waals surface area contributed by atoms with Gasteiger partial charge < -0.3 is 18.6 Å². The van der Waals surface area contributed by atoms with E-state index in [9.17, 15) is 9.59 Å². The molecule has 1 aliphatic rings. The molecular weight excluding hydrogens is 336 g/mol. The second-order valence-corrected chi connectivity index (χ2v) is 5.78. The predicted octanol–water partition coefficient (Wildman–Crippen LogP) is 3.16. The molecule has 6 heteroatoms. The lowest BCUT2D eigenvalue weighted by Crippen LogP contribution is -2.38. The Morgan fingerprint density at radius 2 is 2.00 bits per heavy atom. The van der Waals surface area contributed by atoms with Crippen LogP contribution in [0.4, 0.5) is 0 Å². The molecule has 1 aliphatic heterocycles. The van der Waals surface area contributed by atoms with Crippen LogP contribution in [0.1, 0.15) is 6.92 Å². The molecule has 0 amide bonds. The van der Waals surface area contributed by atoms with Crippen molar-refractivity contribution in [2.45, 2.75) is 13.0 Å². The maximum Gasteiger partial charge on any atom is 0.350 e. The Labute approximate surface area is 148 Å². The largest absolute Gasteiger partial charge is 0.485 e. The van der Waals surface area contributed by atoms with Crippen LogP contribution >= 0.6 is 0 Å². The van der Waals surface area contributed by atoms with Crippen molar-refractivity contribution in [3.05, 3.63) is 58.8 Å². The first kappa shape index (κ1) is 16.2. The molecule has 0 fully saturated rings. The number of carbonyl (C=O) groups is 1. The smallest absolute Gasteiger partial charge is 0.350 e. The first-order valence-corrected chi connectivity index (χ1v) is 8.29. The molecular formula is C20H16O6. The highest BCUT2D eigenvalue weighted by molar-refractivity contribution is 5.88. The number of carbonyl (C=O) groups excluding carboxylic acids is 1. The van der Waals surface area contributed by atoms with Crippen molar-refractivity contribution in [1.29, 1.82) is 0 Å². The van der Waals surface area contributed by atoms with Gasteiger partial charge in [0.25, 0.3) is 0 Å². The van der Waals surface area contributed by atoms with Crippen LogP contribution in [-0.4, -0.2) is 25.3 Å². The van der Waals surface area contributed by atoms with E-state index in [1.807, 2.05) is 30.3 Å². The molecule has 0 spiro atoms. The van der Waals surface area contributed by atoms with Gasteiger partial charge in [0, 0.05) is 11.6 Å². The molecule has 0 saturated heterocycles. The van der Waals surface area contributed by atoms with E-state index in [-0.39, 0.29) is 30.0 Å². The summed E-state index contributed by atoms with van der Waals surface area (Å²) in [5.41, 5.74) is 0.820. The highest BCUT2D eigenvalue weighted by Gasteiger charge is 2.31. The summed E-state index contributed by atoms with van der Waals surface area (Å²) in [6.45, 7) is 2.00. The summed E-state index contributed by atoms with van der Waals surface area (Å²) < 4.78 is 22.3. The molecule has 0 saturated carbocycles. The molecule has 132 valence electrons. The SMILES string of the molecule is CCOC(=O)C1COc2ccc3c(=O)cc(-c4ccccc4)oc3c2O1. The Bertz CT molecular complexity index is 1020. The predicted molar refractivity (Wildman–Crippen MR) is 94.5 cm³/mol. The average molecular weight is 352 g/mol. The zero-order chi connectivity index (χ0) is 18.1. The van der Waals surface area contributed by atoms with Gasteiger partial charge in [-0.1, -0.05) is 30.3 Å². The summed E-state index contributed by atoms with van der Waals surface area (Å²) in [5.74, 6) is 0.558. The summed E-state index contributed by atoms with van der Waals surface area (Å²) in [6, 6.07) is 14.0. The number of hydrogen-bond acceptors (Lipinski definition) is 6. The van der Waals surface area contributed by atoms with E-state index >= 15 is 0 Å². The summed E-state index contributed by atoms with van der Waals surface area (Å²) in [6.07, 6.45) is -0.904. The third kappa shape index (κ3) is 2.79. The van der Waals surface area contributed by atoms with Crippen LogP contribution in [0, 0.1) is 0 Å². The standard InChI is InChI=1S/C20H16O6/c1-2-23-20(22)17-11-24-15-9-8-13-14(21)10-16(12-6-4-3-5-7-12)25-18(13)19(15)26-17/h3-10,17H,2,11H2,1H3. The number of hydrogen-bond donors (Lipinski definition) is 0. The van der Waals surface area contributed by atoms with E-state index in [1.165, 1.54) is 6.07 Å². The molecule has 3 aromatic rings. The molecule has 6 nitrogen and oxygen atoms in total. The van der Waals surface area contributed by atoms with Gasteiger partial charge in [0.2, 0.25) is 11.9 Å². The average Bonchev–Trinajstić information content (AvgIpc) is 2.68. The lowest BCUT2D eigenvalue weighted by Gasteiger charge is -2.25. The van der Waals surface area contributed by atoms with E-state index in [0.717, 1.165) is 5.56 Å². The fraction of sp³-hybridized carbons (Fsp3) is 0.200. The molecule has 0 radical (unpaired) electrons. The van der Waals surface area contributed by atoms with Crippen molar-refractivity contribution in [1.82, 2.24) is 0 Å². The fourth-order valence-electron chi connectivity index (χ4n) is 2.84. The quantitative estimate of drug-likeness (QED) is 0.674.